The Bertz CT molecular complexity index is 1370. The van der Waals surface area contributed by atoms with Crippen LogP contribution in [0.15, 0.2) is 72.3 Å². The molecule has 52 heavy (non-hydrogen) atoms. The van der Waals surface area contributed by atoms with Crippen LogP contribution in [0.3, 0.4) is 0 Å². The maximum Gasteiger partial charge on any atom is 0.330 e. The molecule has 10 nitrogen and oxygen atoms in total. The third-order valence-electron chi connectivity index (χ3n) is 9.21. The second kappa shape index (κ2) is 24.7. The minimum atomic E-state index is -0.565. The van der Waals surface area contributed by atoms with Crippen LogP contribution < -0.4 is 4.74 Å². The lowest BCUT2D eigenvalue weighted by Gasteiger charge is -2.37. The van der Waals surface area contributed by atoms with Crippen molar-refractivity contribution in [2.45, 2.75) is 97.1 Å². The summed E-state index contributed by atoms with van der Waals surface area (Å²) in [5.41, 5.74) is 3.57. The first-order valence-electron chi connectivity index (χ1n) is 18.1. The van der Waals surface area contributed by atoms with Gasteiger partial charge in [-0.1, -0.05) is 76.2 Å². The van der Waals surface area contributed by atoms with E-state index in [9.17, 15) is 9.59 Å². The zero-order valence-corrected chi connectivity index (χ0v) is 32.8. The normalized spacial score (nSPS) is 14.5. The zero-order chi connectivity index (χ0) is 38.4. The van der Waals surface area contributed by atoms with Gasteiger partial charge in [-0.15, -0.1) is 0 Å². The van der Waals surface area contributed by atoms with Gasteiger partial charge < -0.3 is 37.9 Å². The van der Waals surface area contributed by atoms with E-state index < -0.39 is 17.5 Å². The van der Waals surface area contributed by atoms with Crippen LogP contribution in [-0.2, 0) is 61.2 Å². The van der Waals surface area contributed by atoms with Crippen molar-refractivity contribution in [3.05, 3.63) is 89.0 Å². The van der Waals surface area contributed by atoms with E-state index in [0.717, 1.165) is 34.4 Å². The number of allylic oxidation sites excluding steroid dienone is 1. The Labute approximate surface area is 311 Å². The average molecular weight is 727 g/mol. The van der Waals surface area contributed by atoms with Crippen molar-refractivity contribution in [3.8, 4) is 5.75 Å². The van der Waals surface area contributed by atoms with Crippen LogP contribution >= 0.6 is 0 Å². The van der Waals surface area contributed by atoms with Crippen molar-refractivity contribution in [1.82, 2.24) is 0 Å². The topological polar surface area (TPSA) is 108 Å². The monoisotopic (exact) mass is 726 g/mol. The van der Waals surface area contributed by atoms with Gasteiger partial charge in [0.2, 0.25) is 0 Å². The summed E-state index contributed by atoms with van der Waals surface area (Å²) in [6.07, 6.45) is 7.05. The number of benzene rings is 2. The molecule has 4 atom stereocenters. The first-order valence-corrected chi connectivity index (χ1v) is 18.1. The quantitative estimate of drug-likeness (QED) is 0.0317. The molecule has 0 aromatic heterocycles. The molecule has 0 saturated carbocycles. The fraction of sp³-hybridized carbons (Fsp3) is 0.571. The van der Waals surface area contributed by atoms with Crippen LogP contribution in [0.4, 0.5) is 0 Å². The Morgan fingerprint density at radius 1 is 0.904 bits per heavy atom. The Morgan fingerprint density at radius 3 is 2.29 bits per heavy atom. The average Bonchev–Trinajstić information content (AvgIpc) is 3.16. The van der Waals surface area contributed by atoms with E-state index in [1.165, 1.54) is 13.2 Å². The highest BCUT2D eigenvalue weighted by Crippen LogP contribution is 2.34. The molecule has 0 bridgehead atoms. The summed E-state index contributed by atoms with van der Waals surface area (Å²) in [5, 5.41) is 0. The van der Waals surface area contributed by atoms with Gasteiger partial charge in [-0.25, -0.2) is 4.79 Å². The summed E-state index contributed by atoms with van der Waals surface area (Å²) in [5.74, 6) is 0.273. The summed E-state index contributed by atoms with van der Waals surface area (Å²) in [4.78, 5) is 24.4. The Balaban J connectivity index is 2.35. The Kier molecular flexibility index (Phi) is 21.2. The van der Waals surface area contributed by atoms with E-state index in [1.807, 2.05) is 42.5 Å². The molecule has 0 heterocycles. The van der Waals surface area contributed by atoms with E-state index in [1.54, 1.807) is 34.3 Å². The minimum Gasteiger partial charge on any atom is -0.497 e. The van der Waals surface area contributed by atoms with Gasteiger partial charge in [-0.05, 0) is 54.2 Å². The van der Waals surface area contributed by atoms with Crippen molar-refractivity contribution in [3.63, 3.8) is 0 Å². The summed E-state index contributed by atoms with van der Waals surface area (Å²) in [7, 11) is 6.33. The molecular formula is C42H62O10. The molecule has 0 spiro atoms. The maximum absolute atomic E-state index is 12.8. The molecule has 290 valence electrons. The fourth-order valence-corrected chi connectivity index (χ4v) is 5.67. The molecule has 0 fully saturated rings. The highest BCUT2D eigenvalue weighted by atomic mass is 16.7. The van der Waals surface area contributed by atoms with Crippen molar-refractivity contribution < 1.29 is 47.5 Å². The zero-order valence-electron chi connectivity index (χ0n) is 32.8. The summed E-state index contributed by atoms with van der Waals surface area (Å²) >= 11 is 0. The van der Waals surface area contributed by atoms with Gasteiger partial charge in [0.15, 0.2) is 0 Å². The maximum atomic E-state index is 12.8. The van der Waals surface area contributed by atoms with Crippen molar-refractivity contribution >= 4 is 11.9 Å². The number of carbonyl (C=O) groups is 2. The highest BCUT2D eigenvalue weighted by Gasteiger charge is 2.37. The molecule has 10 heteroatoms. The molecule has 0 unspecified atom stereocenters. The lowest BCUT2D eigenvalue weighted by atomic mass is 9.76. The smallest absolute Gasteiger partial charge is 0.330 e. The molecule has 0 aliphatic rings. The fourth-order valence-electron chi connectivity index (χ4n) is 5.67. The second-order valence-corrected chi connectivity index (χ2v) is 13.3. The van der Waals surface area contributed by atoms with Crippen LogP contribution in [0, 0.1) is 5.92 Å². The van der Waals surface area contributed by atoms with Crippen LogP contribution in [0.1, 0.15) is 77.0 Å². The second-order valence-electron chi connectivity index (χ2n) is 13.3. The van der Waals surface area contributed by atoms with Crippen LogP contribution in [-0.4, -0.2) is 85.3 Å². The number of methoxy groups -OCH3 is 4. The number of esters is 2. The Morgan fingerprint density at radius 2 is 1.65 bits per heavy atom. The lowest BCUT2D eigenvalue weighted by Crippen LogP contribution is -2.41. The van der Waals surface area contributed by atoms with Crippen molar-refractivity contribution in [2.75, 3.05) is 55.1 Å². The first-order chi connectivity index (χ1) is 25.0. The molecule has 0 radical (unpaired) electrons. The van der Waals surface area contributed by atoms with Crippen LogP contribution in [0.25, 0.3) is 0 Å². The largest absolute Gasteiger partial charge is 0.497 e. The van der Waals surface area contributed by atoms with Crippen molar-refractivity contribution in [2.24, 2.45) is 5.92 Å². The molecule has 2 aromatic rings. The molecular weight excluding hydrogens is 664 g/mol. The number of hydrogen-bond donors (Lipinski definition) is 0. The molecule has 0 N–H and O–H groups in total. The minimum absolute atomic E-state index is 0.158. The van der Waals surface area contributed by atoms with E-state index in [-0.39, 0.29) is 37.3 Å². The summed E-state index contributed by atoms with van der Waals surface area (Å²) < 4.78 is 45.3. The van der Waals surface area contributed by atoms with Crippen LogP contribution in [0.2, 0.25) is 0 Å². The standard InChI is InChI=1S/C42H62O10/c1-10-32(28-50-30-49-23-22-45-6)24-31(3)38(51-29-34-18-20-36(46-7)21-19-34)26-37(47-8)27-39(52-40(43)11-2)42(4,5)35-16-12-14-33(25-35)15-13-17-41(44)48-9/h12-14,16-21,24-25,32,37-39H,10-11,15,22-23,26-30H2,1-9H3/b17-13+,31-24-/t32-,37-,38+,39+/m1/s1. The third-order valence-corrected chi connectivity index (χ3v) is 9.21. The number of ether oxygens (including phenoxy) is 8. The predicted molar refractivity (Wildman–Crippen MR) is 202 cm³/mol. The number of hydrogen-bond acceptors (Lipinski definition) is 10. The van der Waals surface area contributed by atoms with Gasteiger partial charge in [0, 0.05) is 50.9 Å². The third kappa shape index (κ3) is 16.0. The van der Waals surface area contributed by atoms with E-state index in [2.05, 4.69) is 39.8 Å². The molecule has 0 saturated heterocycles. The lowest BCUT2D eigenvalue weighted by molar-refractivity contribution is -0.154. The van der Waals surface area contributed by atoms with E-state index >= 15 is 0 Å². The van der Waals surface area contributed by atoms with Crippen molar-refractivity contribution in [1.29, 1.82) is 0 Å². The predicted octanol–water partition coefficient (Wildman–Crippen LogP) is 7.56. The van der Waals surface area contributed by atoms with Gasteiger partial charge in [-0.2, -0.15) is 0 Å². The first kappa shape index (κ1) is 44.6. The molecule has 0 amide bonds. The summed E-state index contributed by atoms with van der Waals surface area (Å²) in [6, 6.07) is 16.0. The highest BCUT2D eigenvalue weighted by molar-refractivity contribution is 5.81. The number of rotatable bonds is 26. The number of carbonyl (C=O) groups excluding carboxylic acids is 2. The van der Waals surface area contributed by atoms with Gasteiger partial charge in [0.25, 0.3) is 0 Å². The van der Waals surface area contributed by atoms with Gasteiger partial charge in [-0.3, -0.25) is 4.79 Å². The molecule has 0 aliphatic heterocycles. The van der Waals surface area contributed by atoms with Crippen LogP contribution in [0.5, 0.6) is 5.75 Å². The van der Waals surface area contributed by atoms with Gasteiger partial charge in [0.1, 0.15) is 18.6 Å². The molecule has 0 aliphatic carbocycles. The summed E-state index contributed by atoms with van der Waals surface area (Å²) in [6.45, 7) is 12.3. The molecule has 2 rings (SSSR count). The SMILES string of the molecule is CCC(=O)O[C@@H](C[C@@H](C[C@H](OCc1ccc(OC)cc1)/C(C)=C\[C@@H](CC)COCOCCOC)OC)C(C)(C)c1cccc(C/C=C/C(=O)OC)c1. The van der Waals surface area contributed by atoms with Gasteiger partial charge in [0.05, 0.1) is 52.9 Å². The van der Waals surface area contributed by atoms with E-state index in [4.69, 9.17) is 37.9 Å². The van der Waals surface area contributed by atoms with Gasteiger partial charge >= 0.3 is 11.9 Å². The molecule has 2 aromatic carbocycles. The Hall–Kier alpha value is -3.54. The van der Waals surface area contributed by atoms with E-state index in [0.29, 0.717) is 45.7 Å².